The molecule has 0 saturated carbocycles. The zero-order chi connectivity index (χ0) is 12.4. The zero-order valence-electron chi connectivity index (χ0n) is 8.05. The molecule has 0 amide bonds. The summed E-state index contributed by atoms with van der Waals surface area (Å²) in [5, 5.41) is 8.81. The topological polar surface area (TPSA) is 63.1 Å². The van der Waals surface area contributed by atoms with Crippen LogP contribution in [0, 0.1) is 5.82 Å². The number of rotatable bonds is 3. The number of carboxylic acid groups (broad SMARTS) is 1. The van der Waals surface area contributed by atoms with Crippen LogP contribution in [-0.4, -0.2) is 20.4 Å². The van der Waals surface area contributed by atoms with Crippen LogP contribution in [0.5, 0.6) is 0 Å². The van der Waals surface area contributed by atoms with E-state index in [1.807, 2.05) is 0 Å². The minimum absolute atomic E-state index is 0.0560. The van der Waals surface area contributed by atoms with Crippen LogP contribution in [0.3, 0.4) is 0 Å². The molecule has 1 heterocycles. The Hall–Kier alpha value is -0.990. The molecule has 0 bridgehead atoms. The number of aromatic carboxylic acids is 1. The highest BCUT2D eigenvalue weighted by molar-refractivity contribution is 9.10. The molecule has 4 nitrogen and oxygen atoms in total. The first-order valence-electron chi connectivity index (χ1n) is 4.25. The van der Waals surface area contributed by atoms with Gasteiger partial charge in [-0.05, 0) is 39.6 Å². The summed E-state index contributed by atoms with van der Waals surface area (Å²) >= 11 is 5.18. The second-order valence-corrected chi connectivity index (χ2v) is 5.72. The van der Waals surface area contributed by atoms with E-state index in [0.717, 1.165) is 23.3 Å². The van der Waals surface area contributed by atoms with Crippen LogP contribution in [0.4, 0.5) is 4.39 Å². The molecule has 0 spiro atoms. The second-order valence-electron chi connectivity index (χ2n) is 2.85. The van der Waals surface area contributed by atoms with Gasteiger partial charge in [0.05, 0.1) is 14.9 Å². The van der Waals surface area contributed by atoms with E-state index in [0.29, 0.717) is 9.24 Å². The Balaban J connectivity index is 2.37. The SMILES string of the molecule is O=C(O)c1ccc(Sc2ncns2)c(F)c1Br. The van der Waals surface area contributed by atoms with Gasteiger partial charge in [0.2, 0.25) is 0 Å². The quantitative estimate of drug-likeness (QED) is 0.933. The third-order valence-electron chi connectivity index (χ3n) is 1.82. The van der Waals surface area contributed by atoms with Crippen molar-refractivity contribution in [2.75, 3.05) is 0 Å². The van der Waals surface area contributed by atoms with Crippen molar-refractivity contribution in [3.05, 3.63) is 34.3 Å². The average Bonchev–Trinajstić information content (AvgIpc) is 2.77. The molecule has 17 heavy (non-hydrogen) atoms. The van der Waals surface area contributed by atoms with Crippen molar-refractivity contribution in [1.82, 2.24) is 9.36 Å². The summed E-state index contributed by atoms with van der Waals surface area (Å²) in [7, 11) is 0. The van der Waals surface area contributed by atoms with E-state index in [-0.39, 0.29) is 10.0 Å². The van der Waals surface area contributed by atoms with E-state index in [9.17, 15) is 9.18 Å². The summed E-state index contributed by atoms with van der Waals surface area (Å²) in [4.78, 5) is 15.0. The smallest absolute Gasteiger partial charge is 0.336 e. The maximum atomic E-state index is 13.8. The number of carboxylic acids is 1. The Morgan fingerprint density at radius 1 is 1.53 bits per heavy atom. The minimum atomic E-state index is -1.18. The van der Waals surface area contributed by atoms with Gasteiger partial charge in [-0.25, -0.2) is 14.2 Å². The maximum absolute atomic E-state index is 13.8. The molecule has 2 rings (SSSR count). The van der Waals surface area contributed by atoms with Gasteiger partial charge >= 0.3 is 5.97 Å². The highest BCUT2D eigenvalue weighted by Gasteiger charge is 2.17. The van der Waals surface area contributed by atoms with Gasteiger partial charge in [-0.3, -0.25) is 0 Å². The zero-order valence-corrected chi connectivity index (χ0v) is 11.3. The van der Waals surface area contributed by atoms with Gasteiger partial charge in [-0.2, -0.15) is 4.37 Å². The molecular weight excluding hydrogens is 331 g/mol. The predicted octanol–water partition coefficient (Wildman–Crippen LogP) is 3.29. The van der Waals surface area contributed by atoms with Crippen molar-refractivity contribution >= 4 is 45.2 Å². The van der Waals surface area contributed by atoms with E-state index in [1.165, 1.54) is 18.5 Å². The van der Waals surface area contributed by atoms with Crippen molar-refractivity contribution < 1.29 is 14.3 Å². The van der Waals surface area contributed by atoms with Crippen molar-refractivity contribution in [1.29, 1.82) is 0 Å². The molecule has 0 unspecified atom stereocenters. The van der Waals surface area contributed by atoms with Crippen LogP contribution in [-0.2, 0) is 0 Å². The number of carbonyl (C=O) groups is 1. The van der Waals surface area contributed by atoms with Crippen LogP contribution >= 0.6 is 39.2 Å². The lowest BCUT2D eigenvalue weighted by atomic mass is 10.2. The molecule has 1 aromatic carbocycles. The van der Waals surface area contributed by atoms with Gasteiger partial charge in [0.15, 0.2) is 10.2 Å². The maximum Gasteiger partial charge on any atom is 0.336 e. The van der Waals surface area contributed by atoms with Crippen molar-refractivity contribution in [3.63, 3.8) is 0 Å². The molecule has 0 atom stereocenters. The molecule has 0 aliphatic carbocycles. The summed E-state index contributed by atoms with van der Waals surface area (Å²) in [6.07, 6.45) is 1.38. The number of aromatic nitrogens is 2. The van der Waals surface area contributed by atoms with Gasteiger partial charge < -0.3 is 5.11 Å². The van der Waals surface area contributed by atoms with Gasteiger partial charge in [0, 0.05) is 0 Å². The van der Waals surface area contributed by atoms with Crippen LogP contribution in [0.1, 0.15) is 10.4 Å². The molecule has 88 valence electrons. The summed E-state index contributed by atoms with van der Waals surface area (Å²) in [5.41, 5.74) is -0.107. The number of hydrogen-bond donors (Lipinski definition) is 1. The number of benzene rings is 1. The Morgan fingerprint density at radius 3 is 2.88 bits per heavy atom. The van der Waals surface area contributed by atoms with Crippen LogP contribution in [0.25, 0.3) is 0 Å². The Labute approximate surface area is 112 Å². The van der Waals surface area contributed by atoms with E-state index >= 15 is 0 Å². The lowest BCUT2D eigenvalue weighted by Crippen LogP contribution is -2.00. The van der Waals surface area contributed by atoms with Crippen LogP contribution < -0.4 is 0 Å². The molecule has 0 saturated heterocycles. The molecule has 0 fully saturated rings. The summed E-state index contributed by atoms with van der Waals surface area (Å²) < 4.78 is 18.2. The summed E-state index contributed by atoms with van der Waals surface area (Å²) in [5.74, 6) is -1.78. The minimum Gasteiger partial charge on any atom is -0.478 e. The van der Waals surface area contributed by atoms with Gasteiger partial charge in [-0.15, -0.1) is 0 Å². The average molecular weight is 335 g/mol. The molecule has 0 radical (unpaired) electrons. The summed E-state index contributed by atoms with van der Waals surface area (Å²) in [6.45, 7) is 0. The Bertz CT molecular complexity index is 562. The van der Waals surface area contributed by atoms with Crippen molar-refractivity contribution in [2.45, 2.75) is 9.24 Å². The van der Waals surface area contributed by atoms with E-state index in [1.54, 1.807) is 0 Å². The first-order chi connectivity index (χ1) is 8.09. The molecule has 0 aliphatic rings. The predicted molar refractivity (Wildman–Crippen MR) is 65.1 cm³/mol. The fourth-order valence-corrected chi connectivity index (χ4v) is 3.17. The first-order valence-corrected chi connectivity index (χ1v) is 6.63. The first kappa shape index (κ1) is 12.5. The highest BCUT2D eigenvalue weighted by atomic mass is 79.9. The molecular formula is C9H4BrFN2O2S2. The molecule has 2 aromatic rings. The number of halogens is 2. The van der Waals surface area contributed by atoms with Crippen molar-refractivity contribution in [2.24, 2.45) is 0 Å². The molecule has 8 heteroatoms. The third-order valence-corrected chi connectivity index (χ3v) is 4.34. The van der Waals surface area contributed by atoms with Crippen LogP contribution in [0.2, 0.25) is 0 Å². The standard InChI is InChI=1S/C9H4BrFN2O2S2/c10-6-4(8(14)15)1-2-5(7(6)11)16-9-12-3-13-17-9/h1-3H,(H,14,15). The van der Waals surface area contributed by atoms with Gasteiger partial charge in [-0.1, -0.05) is 11.8 Å². The Kier molecular flexibility index (Phi) is 3.75. The molecule has 0 aliphatic heterocycles. The van der Waals surface area contributed by atoms with Gasteiger partial charge in [0.25, 0.3) is 0 Å². The lowest BCUT2D eigenvalue weighted by Gasteiger charge is -2.04. The fourth-order valence-electron chi connectivity index (χ4n) is 1.08. The summed E-state index contributed by atoms with van der Waals surface area (Å²) in [6, 6.07) is 2.76. The second kappa shape index (κ2) is 5.11. The number of nitrogens with zero attached hydrogens (tertiary/aromatic N) is 2. The monoisotopic (exact) mass is 334 g/mol. The normalized spacial score (nSPS) is 10.5. The van der Waals surface area contributed by atoms with Gasteiger partial charge in [0.1, 0.15) is 6.33 Å². The largest absolute Gasteiger partial charge is 0.478 e. The third kappa shape index (κ3) is 2.64. The number of hydrogen-bond acceptors (Lipinski definition) is 5. The van der Waals surface area contributed by atoms with E-state index in [4.69, 9.17) is 5.11 Å². The molecule has 1 aromatic heterocycles. The van der Waals surface area contributed by atoms with Crippen LogP contribution in [0.15, 0.2) is 32.2 Å². The van der Waals surface area contributed by atoms with E-state index in [2.05, 4.69) is 25.3 Å². The molecule has 1 N–H and O–H groups in total. The van der Waals surface area contributed by atoms with Crippen molar-refractivity contribution in [3.8, 4) is 0 Å². The van der Waals surface area contributed by atoms with E-state index < -0.39 is 11.8 Å². The lowest BCUT2D eigenvalue weighted by molar-refractivity contribution is 0.0695. The highest BCUT2D eigenvalue weighted by Crippen LogP contribution is 2.34. The Morgan fingerprint density at radius 2 is 2.29 bits per heavy atom. The fraction of sp³-hybridized carbons (Fsp3) is 0.